The first-order chi connectivity index (χ1) is 7.41. The lowest BCUT2D eigenvalue weighted by Gasteiger charge is -2.33. The number of likely N-dealkylation sites (tertiary alicyclic amines) is 1. The van der Waals surface area contributed by atoms with E-state index in [4.69, 9.17) is 5.11 Å². The lowest BCUT2D eigenvalue weighted by molar-refractivity contribution is -0.142. The van der Waals surface area contributed by atoms with Gasteiger partial charge in [0.1, 0.15) is 0 Å². The van der Waals surface area contributed by atoms with Gasteiger partial charge in [-0.25, -0.2) is 0 Å². The van der Waals surface area contributed by atoms with Gasteiger partial charge in [-0.1, -0.05) is 6.92 Å². The van der Waals surface area contributed by atoms with Gasteiger partial charge in [-0.2, -0.15) is 0 Å². The average molecular weight is 228 g/mol. The highest BCUT2D eigenvalue weighted by molar-refractivity contribution is 5.76. The van der Waals surface area contributed by atoms with E-state index in [0.717, 1.165) is 6.42 Å². The van der Waals surface area contributed by atoms with Crippen LogP contribution in [0.15, 0.2) is 0 Å². The van der Waals surface area contributed by atoms with Gasteiger partial charge >= 0.3 is 5.97 Å². The van der Waals surface area contributed by atoms with E-state index in [2.05, 4.69) is 5.32 Å². The number of nitrogens with one attached hydrogen (secondary N) is 1. The zero-order valence-corrected chi connectivity index (χ0v) is 10.1. The molecule has 5 heteroatoms. The highest BCUT2D eigenvalue weighted by Crippen LogP contribution is 2.12. The number of likely N-dealkylation sites (N-methyl/N-ethyl adjacent to an activating group) is 1. The molecule has 0 radical (unpaired) electrons. The van der Waals surface area contributed by atoms with Crippen molar-refractivity contribution in [2.24, 2.45) is 5.92 Å². The number of piperidine rings is 1. The van der Waals surface area contributed by atoms with Gasteiger partial charge in [0.05, 0.1) is 5.92 Å². The van der Waals surface area contributed by atoms with Crippen molar-refractivity contribution in [3.63, 3.8) is 0 Å². The Bertz CT molecular complexity index is 280. The van der Waals surface area contributed by atoms with Crippen LogP contribution in [-0.4, -0.2) is 47.6 Å². The molecule has 1 aliphatic heterocycles. The first-order valence-electron chi connectivity index (χ1n) is 5.64. The molecule has 1 saturated heterocycles. The Labute approximate surface area is 95.8 Å². The van der Waals surface area contributed by atoms with E-state index in [-0.39, 0.29) is 18.0 Å². The van der Waals surface area contributed by atoms with Gasteiger partial charge in [0, 0.05) is 32.1 Å². The minimum absolute atomic E-state index is 0.0795. The molecule has 1 aliphatic rings. The van der Waals surface area contributed by atoms with Gasteiger partial charge in [-0.05, 0) is 13.3 Å². The number of rotatable bonds is 4. The van der Waals surface area contributed by atoms with E-state index in [1.807, 2.05) is 6.92 Å². The Morgan fingerprint density at radius 1 is 1.56 bits per heavy atom. The van der Waals surface area contributed by atoms with Gasteiger partial charge < -0.3 is 15.3 Å². The maximum atomic E-state index is 11.3. The van der Waals surface area contributed by atoms with E-state index >= 15 is 0 Å². The van der Waals surface area contributed by atoms with Crippen LogP contribution in [0.5, 0.6) is 0 Å². The summed E-state index contributed by atoms with van der Waals surface area (Å²) in [5, 5.41) is 12.1. The van der Waals surface area contributed by atoms with Crippen LogP contribution in [-0.2, 0) is 9.59 Å². The minimum Gasteiger partial charge on any atom is -0.481 e. The maximum Gasteiger partial charge on any atom is 0.307 e. The van der Waals surface area contributed by atoms with Crippen LogP contribution in [0, 0.1) is 5.92 Å². The topological polar surface area (TPSA) is 69.6 Å². The number of carbonyl (C=O) groups is 2. The number of hydrogen-bond acceptors (Lipinski definition) is 3. The second-order valence-corrected chi connectivity index (χ2v) is 4.59. The van der Waals surface area contributed by atoms with Crippen LogP contribution in [0.1, 0.15) is 26.7 Å². The van der Waals surface area contributed by atoms with E-state index in [9.17, 15) is 9.59 Å². The summed E-state index contributed by atoms with van der Waals surface area (Å²) in [6.45, 7) is 4.22. The summed E-state index contributed by atoms with van der Waals surface area (Å²) in [5.41, 5.74) is 0. The van der Waals surface area contributed by atoms with Crippen molar-refractivity contribution in [2.45, 2.75) is 38.8 Å². The summed E-state index contributed by atoms with van der Waals surface area (Å²) in [7, 11) is 1.78. The van der Waals surface area contributed by atoms with Crippen molar-refractivity contribution in [3.05, 3.63) is 0 Å². The quantitative estimate of drug-likeness (QED) is 0.726. The summed E-state index contributed by atoms with van der Waals surface area (Å²) in [6.07, 6.45) is 1.34. The van der Waals surface area contributed by atoms with Crippen molar-refractivity contribution in [1.29, 1.82) is 0 Å². The predicted octanol–water partition coefficient (Wildman–Crippen LogP) is 0.306. The van der Waals surface area contributed by atoms with E-state index in [1.54, 1.807) is 18.9 Å². The Hall–Kier alpha value is -1.10. The van der Waals surface area contributed by atoms with E-state index in [0.29, 0.717) is 13.0 Å². The van der Waals surface area contributed by atoms with Gasteiger partial charge in [-0.15, -0.1) is 0 Å². The SMILES string of the molecule is CC(NC1CCC(=O)N(C)C1)C(C)C(=O)O. The molecule has 2 N–H and O–H groups in total. The third-order valence-corrected chi connectivity index (χ3v) is 3.26. The molecule has 1 rings (SSSR count). The Morgan fingerprint density at radius 2 is 2.19 bits per heavy atom. The van der Waals surface area contributed by atoms with Gasteiger partial charge in [0.2, 0.25) is 5.91 Å². The summed E-state index contributed by atoms with van der Waals surface area (Å²) < 4.78 is 0. The number of amides is 1. The predicted molar refractivity (Wildman–Crippen MR) is 60.1 cm³/mol. The van der Waals surface area contributed by atoms with Crippen LogP contribution in [0.4, 0.5) is 0 Å². The zero-order valence-electron chi connectivity index (χ0n) is 10.1. The van der Waals surface area contributed by atoms with Crippen LogP contribution in [0.25, 0.3) is 0 Å². The summed E-state index contributed by atoms with van der Waals surface area (Å²) in [6, 6.07) is 0.128. The van der Waals surface area contributed by atoms with Gasteiger partial charge in [0.15, 0.2) is 0 Å². The number of aliphatic carboxylic acids is 1. The molecule has 3 atom stereocenters. The maximum absolute atomic E-state index is 11.3. The smallest absolute Gasteiger partial charge is 0.307 e. The fourth-order valence-corrected chi connectivity index (χ4v) is 1.88. The van der Waals surface area contributed by atoms with Crippen molar-refractivity contribution < 1.29 is 14.7 Å². The normalized spacial score (nSPS) is 25.3. The molecular weight excluding hydrogens is 208 g/mol. The molecule has 5 nitrogen and oxygen atoms in total. The second kappa shape index (κ2) is 5.30. The second-order valence-electron chi connectivity index (χ2n) is 4.59. The first-order valence-corrected chi connectivity index (χ1v) is 5.64. The molecule has 0 aromatic carbocycles. The minimum atomic E-state index is -0.791. The largest absolute Gasteiger partial charge is 0.481 e. The number of nitrogens with zero attached hydrogens (tertiary/aromatic N) is 1. The molecule has 16 heavy (non-hydrogen) atoms. The number of carboxylic acids is 1. The van der Waals surface area contributed by atoms with Crippen LogP contribution < -0.4 is 5.32 Å². The third kappa shape index (κ3) is 3.20. The van der Waals surface area contributed by atoms with Crippen LogP contribution >= 0.6 is 0 Å². The van der Waals surface area contributed by atoms with Crippen molar-refractivity contribution >= 4 is 11.9 Å². The highest BCUT2D eigenvalue weighted by Gasteiger charge is 2.26. The lowest BCUT2D eigenvalue weighted by Crippen LogP contribution is -2.51. The monoisotopic (exact) mass is 228 g/mol. The molecular formula is C11H20N2O3. The Morgan fingerprint density at radius 3 is 2.69 bits per heavy atom. The Kier molecular flexibility index (Phi) is 4.29. The van der Waals surface area contributed by atoms with Crippen LogP contribution in [0.2, 0.25) is 0 Å². The summed E-state index contributed by atoms with van der Waals surface area (Å²) >= 11 is 0. The first kappa shape index (κ1) is 13.0. The molecule has 92 valence electrons. The fourth-order valence-electron chi connectivity index (χ4n) is 1.88. The Balaban J connectivity index is 2.43. The summed E-state index contributed by atoms with van der Waals surface area (Å²) in [4.78, 5) is 23.8. The fraction of sp³-hybridized carbons (Fsp3) is 0.818. The molecule has 0 saturated carbocycles. The number of carboxylic acid groups (broad SMARTS) is 1. The van der Waals surface area contributed by atoms with Gasteiger partial charge in [-0.3, -0.25) is 9.59 Å². The van der Waals surface area contributed by atoms with E-state index < -0.39 is 11.9 Å². The molecule has 0 aromatic heterocycles. The number of hydrogen-bond donors (Lipinski definition) is 2. The average Bonchev–Trinajstić information content (AvgIpc) is 2.22. The van der Waals surface area contributed by atoms with Crippen LogP contribution in [0.3, 0.4) is 0 Å². The molecule has 1 amide bonds. The number of carbonyl (C=O) groups excluding carboxylic acids is 1. The standard InChI is InChI=1S/C11H20N2O3/c1-7(11(15)16)8(2)12-9-4-5-10(14)13(3)6-9/h7-9,12H,4-6H2,1-3H3,(H,15,16). The molecule has 0 spiro atoms. The van der Waals surface area contributed by atoms with E-state index in [1.165, 1.54) is 0 Å². The van der Waals surface area contributed by atoms with Crippen molar-refractivity contribution in [3.8, 4) is 0 Å². The van der Waals surface area contributed by atoms with Crippen molar-refractivity contribution in [2.75, 3.05) is 13.6 Å². The lowest BCUT2D eigenvalue weighted by atomic mass is 10.00. The molecule has 3 unspecified atom stereocenters. The highest BCUT2D eigenvalue weighted by atomic mass is 16.4. The molecule has 1 fully saturated rings. The molecule has 1 heterocycles. The zero-order chi connectivity index (χ0) is 12.3. The molecule has 0 aliphatic carbocycles. The van der Waals surface area contributed by atoms with Gasteiger partial charge in [0.25, 0.3) is 0 Å². The third-order valence-electron chi connectivity index (χ3n) is 3.26. The van der Waals surface area contributed by atoms with Crippen molar-refractivity contribution in [1.82, 2.24) is 10.2 Å². The summed E-state index contributed by atoms with van der Waals surface area (Å²) in [5.74, 6) is -1.04. The molecule has 0 bridgehead atoms. The molecule has 0 aromatic rings.